The van der Waals surface area contributed by atoms with Crippen LogP contribution in [0.4, 0.5) is 0 Å². The molecule has 0 N–H and O–H groups in total. The SMILES string of the molecule is CC(C)C[C@H]1CN2CC[C@H]1C2. The van der Waals surface area contributed by atoms with E-state index in [2.05, 4.69) is 18.7 Å². The van der Waals surface area contributed by atoms with Gasteiger partial charge in [0.2, 0.25) is 0 Å². The van der Waals surface area contributed by atoms with Crippen LogP contribution < -0.4 is 0 Å². The van der Waals surface area contributed by atoms with Crippen molar-refractivity contribution in [3.05, 3.63) is 0 Å². The van der Waals surface area contributed by atoms with Gasteiger partial charge in [-0.05, 0) is 37.1 Å². The molecule has 2 fully saturated rings. The molecule has 0 saturated carbocycles. The van der Waals surface area contributed by atoms with Crippen LogP contribution >= 0.6 is 0 Å². The van der Waals surface area contributed by atoms with E-state index in [0.717, 1.165) is 17.8 Å². The molecule has 3 atom stereocenters. The minimum absolute atomic E-state index is 0.903. The van der Waals surface area contributed by atoms with Crippen LogP contribution in [0, 0.1) is 17.8 Å². The van der Waals surface area contributed by atoms with E-state index in [1.165, 1.54) is 32.5 Å². The molecular weight excluding hydrogens is 134 g/mol. The van der Waals surface area contributed by atoms with E-state index in [0.29, 0.717) is 0 Å². The summed E-state index contributed by atoms with van der Waals surface area (Å²) in [5, 5.41) is 0. The van der Waals surface area contributed by atoms with Gasteiger partial charge < -0.3 is 4.90 Å². The van der Waals surface area contributed by atoms with Crippen molar-refractivity contribution in [2.75, 3.05) is 19.6 Å². The van der Waals surface area contributed by atoms with Gasteiger partial charge in [0.05, 0.1) is 0 Å². The Morgan fingerprint density at radius 3 is 2.64 bits per heavy atom. The maximum Gasteiger partial charge on any atom is 0.00134 e. The van der Waals surface area contributed by atoms with Gasteiger partial charge in [-0.25, -0.2) is 0 Å². The molecule has 2 heterocycles. The van der Waals surface area contributed by atoms with E-state index in [4.69, 9.17) is 0 Å². The summed E-state index contributed by atoms with van der Waals surface area (Å²) in [6, 6.07) is 0. The zero-order valence-corrected chi connectivity index (χ0v) is 7.71. The minimum Gasteiger partial charge on any atom is -0.303 e. The highest BCUT2D eigenvalue weighted by atomic mass is 15.2. The van der Waals surface area contributed by atoms with Crippen molar-refractivity contribution in [2.24, 2.45) is 17.8 Å². The van der Waals surface area contributed by atoms with Gasteiger partial charge >= 0.3 is 0 Å². The molecule has 2 rings (SSSR count). The minimum atomic E-state index is 0.903. The second-order valence-corrected chi connectivity index (χ2v) is 4.70. The molecule has 0 aromatic carbocycles. The molecular formula is C10H19N. The Morgan fingerprint density at radius 2 is 2.18 bits per heavy atom. The monoisotopic (exact) mass is 153 g/mol. The van der Waals surface area contributed by atoms with E-state index in [9.17, 15) is 0 Å². The van der Waals surface area contributed by atoms with Crippen LogP contribution in [0.5, 0.6) is 0 Å². The predicted octanol–water partition coefficient (Wildman–Crippen LogP) is 1.98. The molecule has 0 aromatic heterocycles. The van der Waals surface area contributed by atoms with Gasteiger partial charge in [0.1, 0.15) is 0 Å². The summed E-state index contributed by atoms with van der Waals surface area (Å²) < 4.78 is 0. The van der Waals surface area contributed by atoms with Gasteiger partial charge in [0.15, 0.2) is 0 Å². The lowest BCUT2D eigenvalue weighted by atomic mass is 9.86. The maximum absolute atomic E-state index is 2.64. The molecule has 1 heteroatoms. The zero-order chi connectivity index (χ0) is 7.84. The molecule has 2 saturated heterocycles. The number of hydrogen-bond donors (Lipinski definition) is 0. The predicted molar refractivity (Wildman–Crippen MR) is 47.5 cm³/mol. The van der Waals surface area contributed by atoms with Crippen molar-refractivity contribution in [1.29, 1.82) is 0 Å². The molecule has 0 spiro atoms. The van der Waals surface area contributed by atoms with E-state index < -0.39 is 0 Å². The summed E-state index contributed by atoms with van der Waals surface area (Å²) in [7, 11) is 0. The summed E-state index contributed by atoms with van der Waals surface area (Å²) >= 11 is 0. The summed E-state index contributed by atoms with van der Waals surface area (Å²) in [6.07, 6.45) is 2.94. The quantitative estimate of drug-likeness (QED) is 0.586. The first-order chi connectivity index (χ1) is 5.25. The molecule has 0 amide bonds. The van der Waals surface area contributed by atoms with Crippen LogP contribution in [0.1, 0.15) is 26.7 Å². The highest BCUT2D eigenvalue weighted by Gasteiger charge is 2.37. The normalized spacial score (nSPS) is 42.3. The highest BCUT2D eigenvalue weighted by molar-refractivity contribution is 4.90. The third kappa shape index (κ3) is 1.44. The fraction of sp³-hybridized carbons (Fsp3) is 1.00. The lowest BCUT2D eigenvalue weighted by Gasteiger charge is -2.23. The van der Waals surface area contributed by atoms with E-state index in [1.807, 2.05) is 0 Å². The second-order valence-electron chi connectivity index (χ2n) is 4.70. The molecule has 64 valence electrons. The standard InChI is InChI=1S/C10H19N/c1-8(2)5-10-7-11-4-3-9(10)6-11/h8-10H,3-7H2,1-2H3/t9-,10-/m0/s1. The summed E-state index contributed by atoms with van der Waals surface area (Å²) in [5.41, 5.74) is 0. The maximum atomic E-state index is 2.64. The van der Waals surface area contributed by atoms with Gasteiger partial charge in [-0.15, -0.1) is 0 Å². The van der Waals surface area contributed by atoms with E-state index in [-0.39, 0.29) is 0 Å². The van der Waals surface area contributed by atoms with E-state index >= 15 is 0 Å². The summed E-state index contributed by atoms with van der Waals surface area (Å²) in [5.74, 6) is 3.02. The molecule has 0 radical (unpaired) electrons. The molecule has 2 aliphatic rings. The lowest BCUT2D eigenvalue weighted by molar-refractivity contribution is 0.268. The Labute approximate surface area is 69.8 Å². The summed E-state index contributed by atoms with van der Waals surface area (Å²) in [4.78, 5) is 2.64. The first-order valence-electron chi connectivity index (χ1n) is 4.98. The molecule has 1 unspecified atom stereocenters. The fourth-order valence-corrected chi connectivity index (χ4v) is 2.77. The number of hydrogen-bond acceptors (Lipinski definition) is 1. The van der Waals surface area contributed by atoms with Gasteiger partial charge in [-0.2, -0.15) is 0 Å². The van der Waals surface area contributed by atoms with Gasteiger partial charge in [0, 0.05) is 13.1 Å². The molecule has 0 aromatic rings. The van der Waals surface area contributed by atoms with E-state index in [1.54, 1.807) is 0 Å². The number of piperidine rings is 1. The number of nitrogens with zero attached hydrogens (tertiary/aromatic N) is 1. The largest absolute Gasteiger partial charge is 0.303 e. The van der Waals surface area contributed by atoms with Crippen LogP contribution in [-0.2, 0) is 0 Å². The smallest absolute Gasteiger partial charge is 0.00134 e. The summed E-state index contributed by atoms with van der Waals surface area (Å²) in [6.45, 7) is 8.90. The van der Waals surface area contributed by atoms with Crippen molar-refractivity contribution < 1.29 is 0 Å². The molecule has 0 aliphatic carbocycles. The third-order valence-corrected chi connectivity index (χ3v) is 3.24. The fourth-order valence-electron chi connectivity index (χ4n) is 2.77. The Kier molecular flexibility index (Phi) is 1.92. The Bertz CT molecular complexity index is 142. The topological polar surface area (TPSA) is 3.24 Å². The second kappa shape index (κ2) is 2.78. The first-order valence-corrected chi connectivity index (χ1v) is 4.98. The number of rotatable bonds is 2. The van der Waals surface area contributed by atoms with Crippen LogP contribution in [0.25, 0.3) is 0 Å². The average molecular weight is 153 g/mol. The molecule has 1 nitrogen and oxygen atoms in total. The van der Waals surface area contributed by atoms with Crippen LogP contribution in [-0.4, -0.2) is 24.5 Å². The van der Waals surface area contributed by atoms with Crippen molar-refractivity contribution in [2.45, 2.75) is 26.7 Å². The van der Waals surface area contributed by atoms with Crippen molar-refractivity contribution in [3.8, 4) is 0 Å². The Hall–Kier alpha value is -0.0400. The van der Waals surface area contributed by atoms with Crippen LogP contribution in [0.3, 0.4) is 0 Å². The Morgan fingerprint density at radius 1 is 1.36 bits per heavy atom. The zero-order valence-electron chi connectivity index (χ0n) is 7.71. The van der Waals surface area contributed by atoms with Gasteiger partial charge in [-0.3, -0.25) is 0 Å². The van der Waals surface area contributed by atoms with Gasteiger partial charge in [-0.1, -0.05) is 13.8 Å². The lowest BCUT2D eigenvalue weighted by Crippen LogP contribution is -2.24. The Balaban J connectivity index is 1.87. The van der Waals surface area contributed by atoms with Crippen molar-refractivity contribution >= 4 is 0 Å². The van der Waals surface area contributed by atoms with Crippen LogP contribution in [0.15, 0.2) is 0 Å². The molecule has 11 heavy (non-hydrogen) atoms. The molecule has 2 bridgehead atoms. The third-order valence-electron chi connectivity index (χ3n) is 3.24. The van der Waals surface area contributed by atoms with Crippen molar-refractivity contribution in [3.63, 3.8) is 0 Å². The van der Waals surface area contributed by atoms with Gasteiger partial charge in [0.25, 0.3) is 0 Å². The van der Waals surface area contributed by atoms with Crippen molar-refractivity contribution in [1.82, 2.24) is 4.90 Å². The molecule has 2 aliphatic heterocycles. The first kappa shape index (κ1) is 7.60. The number of fused-ring (bicyclic) bond motifs is 2. The highest BCUT2D eigenvalue weighted by Crippen LogP contribution is 2.36. The van der Waals surface area contributed by atoms with Crippen LogP contribution in [0.2, 0.25) is 0 Å². The average Bonchev–Trinajstić information content (AvgIpc) is 2.45.